The summed E-state index contributed by atoms with van der Waals surface area (Å²) >= 11 is 0. The van der Waals surface area contributed by atoms with E-state index in [-0.39, 0.29) is 11.8 Å². The van der Waals surface area contributed by atoms with Gasteiger partial charge in [-0.1, -0.05) is 0 Å². The normalized spacial score (nSPS) is 17.4. The van der Waals surface area contributed by atoms with Crippen molar-refractivity contribution in [1.82, 2.24) is 15.1 Å². The Morgan fingerprint density at radius 1 is 1.38 bits per heavy atom. The van der Waals surface area contributed by atoms with Crippen molar-refractivity contribution in [1.29, 1.82) is 5.26 Å². The third-order valence-electron chi connectivity index (χ3n) is 4.50. The summed E-state index contributed by atoms with van der Waals surface area (Å²) in [7, 11) is 3.51. The predicted octanol–water partition coefficient (Wildman–Crippen LogP) is 2.37. The first-order valence-corrected chi connectivity index (χ1v) is 8.10. The van der Waals surface area contributed by atoms with Crippen molar-refractivity contribution in [3.8, 4) is 6.07 Å². The van der Waals surface area contributed by atoms with E-state index in [1.54, 1.807) is 25.2 Å². The summed E-state index contributed by atoms with van der Waals surface area (Å²) in [5, 5.41) is 16.1. The Hall–Kier alpha value is -2.81. The monoisotopic (exact) mass is 323 g/mol. The molecule has 1 N–H and O–H groups in total. The van der Waals surface area contributed by atoms with Crippen LogP contribution < -0.4 is 4.90 Å². The molecule has 2 heterocycles. The van der Waals surface area contributed by atoms with Gasteiger partial charge >= 0.3 is 0 Å². The predicted molar refractivity (Wildman–Crippen MR) is 92.0 cm³/mol. The van der Waals surface area contributed by atoms with E-state index in [0.717, 1.165) is 37.3 Å². The first-order valence-electron chi connectivity index (χ1n) is 8.10. The van der Waals surface area contributed by atoms with Gasteiger partial charge in [0.2, 0.25) is 0 Å². The van der Waals surface area contributed by atoms with Crippen LogP contribution in [-0.4, -0.2) is 48.2 Å². The summed E-state index contributed by atoms with van der Waals surface area (Å²) in [5.41, 5.74) is 3.36. The molecule has 0 aliphatic carbocycles. The van der Waals surface area contributed by atoms with Gasteiger partial charge in [-0.3, -0.25) is 9.89 Å². The molecule has 6 heteroatoms. The van der Waals surface area contributed by atoms with Crippen LogP contribution in [0, 0.1) is 11.3 Å². The molecule has 124 valence electrons. The van der Waals surface area contributed by atoms with Crippen LogP contribution in [0.2, 0.25) is 0 Å². The summed E-state index contributed by atoms with van der Waals surface area (Å²) in [6.07, 6.45) is 3.71. The van der Waals surface area contributed by atoms with Gasteiger partial charge in [0.25, 0.3) is 5.91 Å². The van der Waals surface area contributed by atoms with Crippen LogP contribution in [0.4, 0.5) is 5.69 Å². The van der Waals surface area contributed by atoms with Crippen molar-refractivity contribution in [2.75, 3.05) is 32.1 Å². The van der Waals surface area contributed by atoms with E-state index in [1.807, 2.05) is 24.3 Å². The molecule has 1 aliphatic rings. The molecule has 24 heavy (non-hydrogen) atoms. The number of anilines is 1. The second-order valence-corrected chi connectivity index (χ2v) is 6.34. The van der Waals surface area contributed by atoms with Crippen molar-refractivity contribution in [2.45, 2.75) is 18.8 Å². The van der Waals surface area contributed by atoms with Gasteiger partial charge < -0.3 is 9.80 Å². The molecule has 1 saturated heterocycles. The van der Waals surface area contributed by atoms with Gasteiger partial charge in [0.05, 0.1) is 29.1 Å². The standard InChI is InChI=1S/C18H21N5O/c1-22(2)18(24)16-11-20-21-17(16)14-4-3-9-23(12-14)15-7-5-13(10-19)6-8-15/h5-8,11,14H,3-4,9,12H2,1-2H3,(H,20,21). The van der Waals surface area contributed by atoms with E-state index in [4.69, 9.17) is 5.26 Å². The second-order valence-electron chi connectivity index (χ2n) is 6.34. The first-order chi connectivity index (χ1) is 11.6. The van der Waals surface area contributed by atoms with Crippen LogP contribution in [0.25, 0.3) is 0 Å². The van der Waals surface area contributed by atoms with Gasteiger partial charge in [-0.15, -0.1) is 0 Å². The maximum atomic E-state index is 12.3. The highest BCUT2D eigenvalue weighted by molar-refractivity contribution is 5.94. The van der Waals surface area contributed by atoms with E-state index < -0.39 is 0 Å². The smallest absolute Gasteiger partial charge is 0.256 e. The molecule has 1 aromatic carbocycles. The topological polar surface area (TPSA) is 76.0 Å². The first kappa shape index (κ1) is 16.1. The van der Waals surface area contributed by atoms with Crippen LogP contribution in [0.15, 0.2) is 30.5 Å². The fraction of sp³-hybridized carbons (Fsp3) is 0.389. The van der Waals surface area contributed by atoms with E-state index in [1.165, 1.54) is 0 Å². The lowest BCUT2D eigenvalue weighted by Crippen LogP contribution is -2.35. The average Bonchev–Trinajstić information content (AvgIpc) is 3.11. The number of benzene rings is 1. The molecule has 0 radical (unpaired) electrons. The van der Waals surface area contributed by atoms with E-state index in [9.17, 15) is 4.79 Å². The Bertz CT molecular complexity index is 756. The maximum absolute atomic E-state index is 12.3. The highest BCUT2D eigenvalue weighted by atomic mass is 16.2. The lowest BCUT2D eigenvalue weighted by molar-refractivity contribution is 0.0826. The number of rotatable bonds is 3. The molecule has 0 saturated carbocycles. The number of H-pyrrole nitrogens is 1. The summed E-state index contributed by atoms with van der Waals surface area (Å²) in [4.78, 5) is 16.2. The summed E-state index contributed by atoms with van der Waals surface area (Å²) in [6, 6.07) is 9.80. The molecule has 1 fully saturated rings. The number of carbonyl (C=O) groups is 1. The van der Waals surface area contributed by atoms with Crippen molar-refractivity contribution >= 4 is 11.6 Å². The number of carbonyl (C=O) groups excluding carboxylic acids is 1. The number of hydrogen-bond acceptors (Lipinski definition) is 4. The lowest BCUT2D eigenvalue weighted by atomic mass is 9.92. The molecule has 1 aromatic heterocycles. The second kappa shape index (κ2) is 6.75. The molecule has 1 atom stereocenters. The van der Waals surface area contributed by atoms with E-state index in [2.05, 4.69) is 21.2 Å². The molecule has 3 rings (SSSR count). The van der Waals surface area contributed by atoms with Crippen molar-refractivity contribution in [3.05, 3.63) is 47.3 Å². The Balaban J connectivity index is 1.80. The largest absolute Gasteiger partial charge is 0.371 e. The Kier molecular flexibility index (Phi) is 4.52. The third kappa shape index (κ3) is 3.11. The molecular weight excluding hydrogens is 302 g/mol. The molecule has 1 unspecified atom stereocenters. The van der Waals surface area contributed by atoms with Gasteiger partial charge in [0.15, 0.2) is 0 Å². The molecular formula is C18H21N5O. The zero-order valence-electron chi connectivity index (χ0n) is 14.0. The minimum absolute atomic E-state index is 0.0192. The zero-order valence-corrected chi connectivity index (χ0v) is 14.0. The van der Waals surface area contributed by atoms with Crippen LogP contribution in [0.5, 0.6) is 0 Å². The number of piperidine rings is 1. The molecule has 1 aliphatic heterocycles. The summed E-state index contributed by atoms with van der Waals surface area (Å²) in [6.45, 7) is 1.81. The van der Waals surface area contributed by atoms with Gasteiger partial charge in [0.1, 0.15) is 0 Å². The zero-order chi connectivity index (χ0) is 17.1. The van der Waals surface area contributed by atoms with Gasteiger partial charge in [-0.2, -0.15) is 10.4 Å². The molecule has 1 amide bonds. The number of hydrogen-bond donors (Lipinski definition) is 1. The number of amides is 1. The highest BCUT2D eigenvalue weighted by Crippen LogP contribution is 2.31. The number of nitriles is 1. The fourth-order valence-corrected chi connectivity index (χ4v) is 3.21. The minimum atomic E-state index is -0.0192. The quantitative estimate of drug-likeness (QED) is 0.941. The fourth-order valence-electron chi connectivity index (χ4n) is 3.21. The summed E-state index contributed by atoms with van der Waals surface area (Å²) < 4.78 is 0. The van der Waals surface area contributed by atoms with Crippen molar-refractivity contribution in [3.63, 3.8) is 0 Å². The maximum Gasteiger partial charge on any atom is 0.256 e. The van der Waals surface area contributed by atoms with Gasteiger partial charge in [-0.05, 0) is 37.1 Å². The van der Waals surface area contributed by atoms with E-state index in [0.29, 0.717) is 11.1 Å². The van der Waals surface area contributed by atoms with Crippen molar-refractivity contribution in [2.24, 2.45) is 0 Å². The van der Waals surface area contributed by atoms with Crippen LogP contribution in [-0.2, 0) is 0 Å². The van der Waals surface area contributed by atoms with E-state index >= 15 is 0 Å². The van der Waals surface area contributed by atoms with Crippen LogP contribution in [0.1, 0.15) is 40.4 Å². The lowest BCUT2D eigenvalue weighted by Gasteiger charge is -2.34. The van der Waals surface area contributed by atoms with Gasteiger partial charge in [-0.25, -0.2) is 0 Å². The Labute approximate surface area is 141 Å². The Morgan fingerprint density at radius 3 is 2.79 bits per heavy atom. The Morgan fingerprint density at radius 2 is 2.12 bits per heavy atom. The van der Waals surface area contributed by atoms with Crippen LogP contribution in [0.3, 0.4) is 0 Å². The number of nitrogens with one attached hydrogen (secondary N) is 1. The van der Waals surface area contributed by atoms with Gasteiger partial charge in [0, 0.05) is 38.8 Å². The van der Waals surface area contributed by atoms with Crippen molar-refractivity contribution < 1.29 is 4.79 Å². The molecule has 0 spiro atoms. The molecule has 2 aromatic rings. The third-order valence-corrected chi connectivity index (χ3v) is 4.50. The molecule has 0 bridgehead atoms. The highest BCUT2D eigenvalue weighted by Gasteiger charge is 2.27. The average molecular weight is 323 g/mol. The molecule has 6 nitrogen and oxygen atoms in total. The van der Waals surface area contributed by atoms with Crippen LogP contribution >= 0.6 is 0 Å². The summed E-state index contributed by atoms with van der Waals surface area (Å²) in [5.74, 6) is 0.227. The number of nitrogens with zero attached hydrogens (tertiary/aromatic N) is 4. The number of aromatic nitrogens is 2. The SMILES string of the molecule is CN(C)C(=O)c1cn[nH]c1C1CCCN(c2ccc(C#N)cc2)C1. The number of aromatic amines is 1. The minimum Gasteiger partial charge on any atom is -0.371 e.